The van der Waals surface area contributed by atoms with E-state index in [0.717, 1.165) is 12.8 Å². The van der Waals surface area contributed by atoms with Crippen LogP contribution in [0.1, 0.15) is 66.7 Å². The van der Waals surface area contributed by atoms with Crippen molar-refractivity contribution in [3.63, 3.8) is 0 Å². The molecule has 0 aromatic carbocycles. The Morgan fingerprint density at radius 3 is 2.02 bits per heavy atom. The third-order valence-corrected chi connectivity index (χ3v) is 8.19. The predicted molar refractivity (Wildman–Crippen MR) is 162 cm³/mol. The van der Waals surface area contributed by atoms with Gasteiger partial charge in [0.05, 0.1) is 49.7 Å². The number of carboxylic acid groups (broad SMARTS) is 1. The smallest absolute Gasteiger partial charge is 0.322 e. The van der Waals surface area contributed by atoms with Crippen LogP contribution in [0.2, 0.25) is 0 Å². The molecule has 1 saturated heterocycles. The van der Waals surface area contributed by atoms with E-state index in [-0.39, 0.29) is 42.2 Å². The summed E-state index contributed by atoms with van der Waals surface area (Å²) >= 11 is 0. The van der Waals surface area contributed by atoms with Crippen LogP contribution in [-0.2, 0) is 38.2 Å². The zero-order valence-corrected chi connectivity index (χ0v) is 27.5. The molecule has 4 N–H and O–H groups in total. The molecule has 44 heavy (non-hydrogen) atoms. The van der Waals surface area contributed by atoms with Crippen LogP contribution in [0.3, 0.4) is 0 Å². The molecule has 1 rings (SSSR count). The zero-order chi connectivity index (χ0) is 33.6. The van der Waals surface area contributed by atoms with Crippen LogP contribution in [0.25, 0.3) is 0 Å². The molecule has 0 aromatic rings. The fourth-order valence-corrected chi connectivity index (χ4v) is 5.63. The molecule has 0 unspecified atom stereocenters. The molecule has 0 aromatic heterocycles. The largest absolute Gasteiger partial charge is 0.480 e. The van der Waals surface area contributed by atoms with Crippen LogP contribution in [0.15, 0.2) is 0 Å². The zero-order valence-electron chi connectivity index (χ0n) is 27.5. The van der Waals surface area contributed by atoms with Gasteiger partial charge >= 0.3 is 5.97 Å². The fraction of sp³-hybridized carbons (Fsp3) is 0.800. The number of amides is 5. The Morgan fingerprint density at radius 1 is 0.909 bits per heavy atom. The fourth-order valence-electron chi connectivity index (χ4n) is 5.63. The molecule has 0 spiro atoms. The molecular weight excluding hydrogens is 574 g/mol. The number of likely N-dealkylation sites (tertiary alicyclic amines) is 1. The van der Waals surface area contributed by atoms with E-state index in [1.807, 2.05) is 20.8 Å². The monoisotopic (exact) mass is 627 g/mol. The van der Waals surface area contributed by atoms with Gasteiger partial charge in [0.2, 0.25) is 29.5 Å². The molecule has 0 bridgehead atoms. The summed E-state index contributed by atoms with van der Waals surface area (Å²) < 4.78 is 11.6. The number of nitrogens with one attached hydrogen (secondary N) is 3. The Balaban J connectivity index is 2.89. The van der Waals surface area contributed by atoms with Crippen LogP contribution in [0.4, 0.5) is 0 Å². The van der Waals surface area contributed by atoms with E-state index < -0.39 is 61.5 Å². The van der Waals surface area contributed by atoms with Crippen molar-refractivity contribution >= 4 is 35.5 Å². The summed E-state index contributed by atoms with van der Waals surface area (Å²) in [6.07, 6.45) is 1.47. The summed E-state index contributed by atoms with van der Waals surface area (Å²) in [6.45, 7) is 8.84. The van der Waals surface area contributed by atoms with E-state index >= 15 is 0 Å². The van der Waals surface area contributed by atoms with Gasteiger partial charge in [-0.1, -0.05) is 41.0 Å². The summed E-state index contributed by atoms with van der Waals surface area (Å²) in [5, 5.41) is 15.6. The third-order valence-electron chi connectivity index (χ3n) is 8.19. The third kappa shape index (κ3) is 12.0. The number of hydrogen-bond acceptors (Lipinski definition) is 8. The van der Waals surface area contributed by atoms with Gasteiger partial charge in [0, 0.05) is 34.2 Å². The lowest BCUT2D eigenvalue weighted by Crippen LogP contribution is -2.53. The van der Waals surface area contributed by atoms with E-state index in [9.17, 15) is 28.8 Å². The van der Waals surface area contributed by atoms with Gasteiger partial charge in [-0.2, -0.15) is 0 Å². The normalized spacial score (nSPS) is 18.1. The molecule has 1 aliphatic rings. The number of nitrogens with zero attached hydrogens (tertiary/aromatic N) is 2. The highest BCUT2D eigenvalue weighted by Crippen LogP contribution is 2.29. The molecule has 1 heterocycles. The van der Waals surface area contributed by atoms with Gasteiger partial charge in [-0.3, -0.25) is 28.8 Å². The maximum atomic E-state index is 13.7. The van der Waals surface area contributed by atoms with Gasteiger partial charge in [-0.25, -0.2) is 0 Å². The highest BCUT2D eigenvalue weighted by atomic mass is 16.5. The van der Waals surface area contributed by atoms with E-state index in [1.165, 1.54) is 7.11 Å². The van der Waals surface area contributed by atoms with Crippen molar-refractivity contribution in [2.75, 3.05) is 47.4 Å². The molecule has 5 amide bonds. The molecule has 0 radical (unpaired) electrons. The van der Waals surface area contributed by atoms with Gasteiger partial charge in [-0.05, 0) is 24.7 Å². The Kier molecular flexibility index (Phi) is 16.9. The van der Waals surface area contributed by atoms with Gasteiger partial charge in [0.15, 0.2) is 0 Å². The minimum absolute atomic E-state index is 0.00765. The molecule has 1 fully saturated rings. The van der Waals surface area contributed by atoms with Crippen molar-refractivity contribution in [1.29, 1.82) is 0 Å². The number of methoxy groups -OCH3 is 2. The second kappa shape index (κ2) is 19.2. The lowest BCUT2D eigenvalue weighted by molar-refractivity contribution is -0.146. The number of aliphatic carboxylic acids is 1. The number of ether oxygens (including phenoxy) is 2. The first-order chi connectivity index (χ1) is 20.7. The first-order valence-corrected chi connectivity index (χ1v) is 15.3. The molecule has 0 saturated carbocycles. The van der Waals surface area contributed by atoms with Gasteiger partial charge in [-0.15, -0.1) is 0 Å². The van der Waals surface area contributed by atoms with Crippen molar-refractivity contribution in [2.24, 2.45) is 17.8 Å². The standard InChI is InChI=1S/C30H53N5O9/c1-9-19(4)28(34(6)25(38)13-18(2)3)22(43-7)14-26(39)35-12-10-11-21(35)29(44-8)20(5)30(42)33-16-24(37)31-15-23(36)32-17-27(40)41/h18-22,28-29H,9-17H2,1-8H3,(H,31,37)(H,32,36)(H,33,42)(H,40,41)/t19-,20+,21-,22+,28-,29+/m0/s1. The maximum Gasteiger partial charge on any atom is 0.322 e. The van der Waals surface area contributed by atoms with Crippen molar-refractivity contribution in [1.82, 2.24) is 25.8 Å². The number of carbonyl (C=O) groups excluding carboxylic acids is 5. The summed E-state index contributed by atoms with van der Waals surface area (Å²) in [6, 6.07) is -0.668. The van der Waals surface area contributed by atoms with E-state index in [4.69, 9.17) is 14.6 Å². The quantitative estimate of drug-likeness (QED) is 0.157. The molecule has 252 valence electrons. The Morgan fingerprint density at radius 2 is 1.50 bits per heavy atom. The van der Waals surface area contributed by atoms with Crippen molar-refractivity contribution in [3.8, 4) is 0 Å². The Bertz CT molecular complexity index is 992. The van der Waals surface area contributed by atoms with Crippen LogP contribution >= 0.6 is 0 Å². The van der Waals surface area contributed by atoms with Crippen LogP contribution in [-0.4, -0.2) is 122 Å². The second-order valence-electron chi connectivity index (χ2n) is 11.9. The summed E-state index contributed by atoms with van der Waals surface area (Å²) in [5.74, 6) is -3.53. The average molecular weight is 628 g/mol. The number of hydrogen-bond donors (Lipinski definition) is 4. The van der Waals surface area contributed by atoms with Crippen LogP contribution in [0, 0.1) is 17.8 Å². The minimum Gasteiger partial charge on any atom is -0.480 e. The first kappa shape index (κ1) is 38.8. The van der Waals surface area contributed by atoms with Gasteiger partial charge in [0.1, 0.15) is 6.54 Å². The van der Waals surface area contributed by atoms with Crippen molar-refractivity contribution < 1.29 is 43.3 Å². The topological polar surface area (TPSA) is 184 Å². The van der Waals surface area contributed by atoms with Crippen LogP contribution < -0.4 is 16.0 Å². The highest BCUT2D eigenvalue weighted by molar-refractivity contribution is 5.89. The maximum absolute atomic E-state index is 13.7. The molecular formula is C30H53N5O9. The van der Waals surface area contributed by atoms with E-state index in [1.54, 1.807) is 30.9 Å². The molecule has 6 atom stereocenters. The summed E-state index contributed by atoms with van der Waals surface area (Å²) in [7, 11) is 4.80. The number of likely N-dealkylation sites (N-methyl/N-ethyl adjacent to an activating group) is 1. The molecule has 14 heteroatoms. The van der Waals surface area contributed by atoms with Gasteiger partial charge in [0.25, 0.3) is 0 Å². The van der Waals surface area contributed by atoms with Crippen molar-refractivity contribution in [3.05, 3.63) is 0 Å². The first-order valence-electron chi connectivity index (χ1n) is 15.3. The van der Waals surface area contributed by atoms with Crippen molar-refractivity contribution in [2.45, 2.75) is 91.0 Å². The SMILES string of the molecule is CC[C@H](C)[C@@H]([C@@H](CC(=O)N1CCC[C@H]1[C@H](OC)[C@@H](C)C(=O)NCC(=O)NCC(=O)NCC(=O)O)OC)N(C)C(=O)CC(C)C. The minimum atomic E-state index is -1.21. The number of carboxylic acids is 1. The number of carbonyl (C=O) groups is 6. The number of rotatable bonds is 19. The summed E-state index contributed by atoms with van der Waals surface area (Å²) in [4.78, 5) is 77.3. The molecule has 0 aliphatic carbocycles. The predicted octanol–water partition coefficient (Wildman–Crippen LogP) is 0.386. The molecule has 1 aliphatic heterocycles. The molecule has 14 nitrogen and oxygen atoms in total. The van der Waals surface area contributed by atoms with Gasteiger partial charge < -0.3 is 40.3 Å². The lowest BCUT2D eigenvalue weighted by atomic mass is 9.90. The Hall–Kier alpha value is -3.26. The lowest BCUT2D eigenvalue weighted by Gasteiger charge is -2.39. The van der Waals surface area contributed by atoms with E-state index in [0.29, 0.717) is 19.4 Å². The van der Waals surface area contributed by atoms with Crippen LogP contribution in [0.5, 0.6) is 0 Å². The van der Waals surface area contributed by atoms with E-state index in [2.05, 4.69) is 22.9 Å². The summed E-state index contributed by atoms with van der Waals surface area (Å²) in [5.41, 5.74) is 0. The Labute approximate surface area is 260 Å². The average Bonchev–Trinajstić information content (AvgIpc) is 3.46. The second-order valence-corrected chi connectivity index (χ2v) is 11.9. The highest BCUT2D eigenvalue weighted by Gasteiger charge is 2.42.